The molecule has 306 valence electrons. The summed E-state index contributed by atoms with van der Waals surface area (Å²) in [5.41, 5.74) is 0.666. The highest BCUT2D eigenvalue weighted by molar-refractivity contribution is 5.68. The minimum absolute atomic E-state index is 0.0122. The van der Waals surface area contributed by atoms with Gasteiger partial charge in [0.2, 0.25) is 0 Å². The molecule has 4 heterocycles. The van der Waals surface area contributed by atoms with Crippen molar-refractivity contribution >= 4 is 6.09 Å². The molecule has 14 atom stereocenters. The maximum atomic E-state index is 13.0. The molecule has 5 aliphatic carbocycles. The van der Waals surface area contributed by atoms with Gasteiger partial charge in [-0.3, -0.25) is 4.90 Å². The Hall–Kier alpha value is -0.970. The fourth-order valence-electron chi connectivity index (χ4n) is 15.9. The van der Waals surface area contributed by atoms with Gasteiger partial charge in [0.1, 0.15) is 6.10 Å². The highest BCUT2D eigenvalue weighted by Gasteiger charge is 2.84. The summed E-state index contributed by atoms with van der Waals surface area (Å²) in [6, 6.07) is 0. The van der Waals surface area contributed by atoms with Crippen LogP contribution in [-0.2, 0) is 18.9 Å². The molecule has 54 heavy (non-hydrogen) atoms. The zero-order chi connectivity index (χ0) is 38.4. The molecule has 1 amide bonds. The lowest BCUT2D eigenvalue weighted by Gasteiger charge is -2.64. The van der Waals surface area contributed by atoms with Crippen molar-refractivity contribution in [2.24, 2.45) is 62.6 Å². The number of nitrogens with zero attached hydrogens (tertiary/aromatic N) is 3. The summed E-state index contributed by atoms with van der Waals surface area (Å²) in [7, 11) is 2.23. The van der Waals surface area contributed by atoms with Crippen LogP contribution in [0.5, 0.6) is 0 Å². The van der Waals surface area contributed by atoms with Gasteiger partial charge in [-0.2, -0.15) is 0 Å². The van der Waals surface area contributed by atoms with E-state index < -0.39 is 6.10 Å². The molecule has 9 aliphatic rings. The lowest BCUT2D eigenvalue weighted by Crippen LogP contribution is -2.64. The fourth-order valence-corrected chi connectivity index (χ4v) is 15.9. The first-order valence-corrected chi connectivity index (χ1v) is 22.4. The average Bonchev–Trinajstić information content (AvgIpc) is 3.71. The monoisotopic (exact) mass is 754 g/mol. The summed E-state index contributed by atoms with van der Waals surface area (Å²) >= 11 is 0. The Labute approximate surface area is 326 Å². The maximum absolute atomic E-state index is 13.0. The first-order chi connectivity index (χ1) is 25.4. The second-order valence-corrected chi connectivity index (χ2v) is 22.4. The van der Waals surface area contributed by atoms with Crippen LogP contribution in [0.1, 0.15) is 120 Å². The number of morpholine rings is 1. The third kappa shape index (κ3) is 5.18. The van der Waals surface area contributed by atoms with Gasteiger partial charge >= 0.3 is 6.09 Å². The topological polar surface area (TPSA) is 83.9 Å². The van der Waals surface area contributed by atoms with Crippen LogP contribution in [0, 0.1) is 62.6 Å². The van der Waals surface area contributed by atoms with Crippen LogP contribution in [0.25, 0.3) is 0 Å². The van der Waals surface area contributed by atoms with Crippen molar-refractivity contribution in [1.29, 1.82) is 0 Å². The number of hydrogen-bond acceptors (Lipinski definition) is 8. The molecule has 9 nitrogen and oxygen atoms in total. The van der Waals surface area contributed by atoms with Crippen LogP contribution in [-0.4, -0.2) is 121 Å². The molecular weight excluding hydrogens is 679 g/mol. The summed E-state index contributed by atoms with van der Waals surface area (Å²) in [5, 5.41) is 12.8. The van der Waals surface area contributed by atoms with Crippen LogP contribution in [0.2, 0.25) is 0 Å². The molecule has 4 unspecified atom stereocenters. The molecule has 2 spiro atoms. The third-order valence-corrected chi connectivity index (χ3v) is 19.4. The smallest absolute Gasteiger partial charge is 0.410 e. The molecule has 9 heteroatoms. The van der Waals surface area contributed by atoms with E-state index >= 15 is 0 Å². The van der Waals surface area contributed by atoms with Gasteiger partial charge in [-0.1, -0.05) is 48.5 Å². The summed E-state index contributed by atoms with van der Waals surface area (Å²) in [4.78, 5) is 19.9. The molecule has 0 aromatic carbocycles. The van der Waals surface area contributed by atoms with Crippen molar-refractivity contribution in [3.63, 3.8) is 0 Å². The van der Waals surface area contributed by atoms with Gasteiger partial charge in [0.25, 0.3) is 0 Å². The molecule has 0 radical (unpaired) electrons. The molecule has 4 saturated heterocycles. The van der Waals surface area contributed by atoms with Crippen molar-refractivity contribution in [1.82, 2.24) is 14.7 Å². The summed E-state index contributed by atoms with van der Waals surface area (Å²) < 4.78 is 26.8. The summed E-state index contributed by atoms with van der Waals surface area (Å²) in [6.45, 7) is 28.1. The fraction of sp³-hybridized carbons (Fsp3) is 0.978. The SMILES string of the molecule is CC(C)[C@@H](OC(=O)N1CCC1)C1C[C@@H](C)[C@H]2C(O1)[C@H](O)[C@@]1(C)C3CC[C@H]4C(C)(C)[C@@H](O[C@H]5CN(C(C)(C)C6CN(C)C6)CCO5)CC[C@@]45CC35CC[C@]21C. The van der Waals surface area contributed by atoms with Crippen LogP contribution >= 0.6 is 0 Å². The number of ether oxygens (including phenoxy) is 4. The van der Waals surface area contributed by atoms with Crippen molar-refractivity contribution in [2.45, 2.75) is 162 Å². The Bertz CT molecular complexity index is 1460. The standard InChI is InChI=1S/C45H75N3O6/c1-27(2)36(54-39(50)47-18-11-19-47)30-22-28(3)35-37(52-30)38(49)43(9)32-13-12-31-40(4,5)33(14-15-44(31)26-45(32,44)17-16-42(35,43)8)53-34-25-48(20-21-51-34)41(6,7)29-23-46(10)24-29/h27-38,49H,11-26H2,1-10H3/t28-,30?,31+,32?,33+,34+,35+,36-,37?,38+,42-,43-,44-,45?/m1/s1. The highest BCUT2D eigenvalue weighted by atomic mass is 16.7. The largest absolute Gasteiger partial charge is 0.443 e. The molecule has 0 bridgehead atoms. The number of carbonyl (C=O) groups excluding carboxylic acids is 1. The van der Waals surface area contributed by atoms with Crippen LogP contribution in [0.4, 0.5) is 4.79 Å². The highest BCUT2D eigenvalue weighted by Crippen LogP contribution is 2.89. The van der Waals surface area contributed by atoms with Crippen LogP contribution < -0.4 is 0 Å². The quantitative estimate of drug-likeness (QED) is 0.297. The van der Waals surface area contributed by atoms with Gasteiger partial charge in [-0.25, -0.2) is 4.79 Å². The number of fused-ring (bicyclic) bond motifs is 4. The Morgan fingerprint density at radius 3 is 2.31 bits per heavy atom. The van der Waals surface area contributed by atoms with Gasteiger partial charge in [0, 0.05) is 49.6 Å². The molecule has 5 saturated carbocycles. The Balaban J connectivity index is 0.913. The number of hydrogen-bond donors (Lipinski definition) is 1. The van der Waals surface area contributed by atoms with E-state index in [2.05, 4.69) is 79.2 Å². The normalized spacial score (nSPS) is 49.4. The molecule has 4 aliphatic heterocycles. The molecule has 9 rings (SSSR count). The average molecular weight is 754 g/mol. The Morgan fingerprint density at radius 2 is 1.65 bits per heavy atom. The maximum Gasteiger partial charge on any atom is 0.410 e. The molecular formula is C45H75N3O6. The second kappa shape index (κ2) is 12.8. The van der Waals surface area contributed by atoms with Crippen molar-refractivity contribution in [3.8, 4) is 0 Å². The van der Waals surface area contributed by atoms with E-state index in [1.807, 2.05) is 4.90 Å². The van der Waals surface area contributed by atoms with Gasteiger partial charge in [-0.05, 0) is 130 Å². The zero-order valence-electron chi connectivity index (χ0n) is 35.6. The second-order valence-electron chi connectivity index (χ2n) is 22.4. The van der Waals surface area contributed by atoms with Crippen LogP contribution in [0.3, 0.4) is 0 Å². The van der Waals surface area contributed by atoms with E-state index in [0.717, 1.165) is 52.0 Å². The van der Waals surface area contributed by atoms with Crippen molar-refractivity contribution in [2.75, 3.05) is 52.9 Å². The van der Waals surface area contributed by atoms with Gasteiger partial charge < -0.3 is 33.9 Å². The lowest BCUT2D eigenvalue weighted by molar-refractivity contribution is -0.256. The number of carbonyl (C=O) groups is 1. The third-order valence-electron chi connectivity index (χ3n) is 19.4. The van der Waals surface area contributed by atoms with E-state index in [1.54, 1.807) is 0 Å². The molecule has 1 N–H and O–H groups in total. The Morgan fingerprint density at radius 1 is 0.944 bits per heavy atom. The minimum Gasteiger partial charge on any atom is -0.443 e. The number of likely N-dealkylation sites (tertiary alicyclic amines) is 2. The zero-order valence-corrected chi connectivity index (χ0v) is 35.6. The first kappa shape index (κ1) is 38.5. The predicted molar refractivity (Wildman–Crippen MR) is 209 cm³/mol. The lowest BCUT2D eigenvalue weighted by atomic mass is 9.41. The number of amides is 1. The van der Waals surface area contributed by atoms with E-state index in [9.17, 15) is 9.90 Å². The number of aliphatic hydroxyl groups is 1. The molecule has 0 aromatic rings. The first-order valence-electron chi connectivity index (χ1n) is 22.4. The predicted octanol–water partition coefficient (Wildman–Crippen LogP) is 7.05. The van der Waals surface area contributed by atoms with Crippen molar-refractivity contribution in [3.05, 3.63) is 0 Å². The van der Waals surface area contributed by atoms with E-state index in [-0.39, 0.29) is 64.5 Å². The molecule has 9 fully saturated rings. The minimum atomic E-state index is -0.517. The van der Waals surface area contributed by atoms with E-state index in [0.29, 0.717) is 40.4 Å². The summed E-state index contributed by atoms with van der Waals surface area (Å²) in [5.74, 6) is 2.67. The molecule has 0 aromatic heterocycles. The number of rotatable bonds is 7. The Kier molecular flexibility index (Phi) is 9.11. The van der Waals surface area contributed by atoms with Crippen molar-refractivity contribution < 1.29 is 28.8 Å². The van der Waals surface area contributed by atoms with Crippen LogP contribution in [0.15, 0.2) is 0 Å². The van der Waals surface area contributed by atoms with E-state index in [1.165, 1.54) is 51.6 Å². The van der Waals surface area contributed by atoms with Gasteiger partial charge in [0.15, 0.2) is 6.29 Å². The van der Waals surface area contributed by atoms with E-state index in [4.69, 9.17) is 18.9 Å². The van der Waals surface area contributed by atoms with Gasteiger partial charge in [-0.15, -0.1) is 0 Å². The number of aliphatic hydroxyl groups excluding tert-OH is 1. The van der Waals surface area contributed by atoms with Gasteiger partial charge in [0.05, 0.1) is 37.6 Å². The summed E-state index contributed by atoms with van der Waals surface area (Å²) in [6.07, 6.45) is 9.05.